The summed E-state index contributed by atoms with van der Waals surface area (Å²) in [7, 11) is 0. The van der Waals surface area contributed by atoms with Crippen molar-refractivity contribution in [3.8, 4) is 0 Å². The number of unbranched alkanes of at least 4 members (excludes halogenated alkanes) is 1. The summed E-state index contributed by atoms with van der Waals surface area (Å²) >= 11 is 0. The van der Waals surface area contributed by atoms with Crippen LogP contribution in [0.15, 0.2) is 0 Å². The van der Waals surface area contributed by atoms with Crippen molar-refractivity contribution in [2.24, 2.45) is 5.73 Å². The zero-order valence-corrected chi connectivity index (χ0v) is 13.9. The van der Waals surface area contributed by atoms with E-state index in [1.807, 2.05) is 0 Å². The van der Waals surface area contributed by atoms with Crippen molar-refractivity contribution < 1.29 is 0 Å². The highest BCUT2D eigenvalue weighted by Gasteiger charge is 2.42. The lowest BCUT2D eigenvalue weighted by Gasteiger charge is -2.55. The second-order valence-corrected chi connectivity index (χ2v) is 7.03. The van der Waals surface area contributed by atoms with Gasteiger partial charge in [0, 0.05) is 37.3 Å². The molecule has 2 aliphatic heterocycles. The number of nitrogens with zero attached hydrogens (tertiary/aromatic N) is 2. The van der Waals surface area contributed by atoms with Gasteiger partial charge in [-0.05, 0) is 39.2 Å². The molecule has 3 heteroatoms. The van der Waals surface area contributed by atoms with Gasteiger partial charge >= 0.3 is 0 Å². The highest BCUT2D eigenvalue weighted by atomic mass is 15.3. The monoisotopic (exact) mass is 281 g/mol. The van der Waals surface area contributed by atoms with Gasteiger partial charge in [-0.25, -0.2) is 0 Å². The van der Waals surface area contributed by atoms with Crippen molar-refractivity contribution >= 4 is 0 Å². The van der Waals surface area contributed by atoms with Crippen LogP contribution in [0, 0.1) is 0 Å². The first kappa shape index (κ1) is 16.3. The van der Waals surface area contributed by atoms with E-state index in [4.69, 9.17) is 5.73 Å². The van der Waals surface area contributed by atoms with Crippen LogP contribution in [-0.4, -0.2) is 53.6 Å². The SMILES string of the molecule is CCCCC(CC)(CN)N1CC2CCCCN2CC1C. The predicted molar refractivity (Wildman–Crippen MR) is 87.0 cm³/mol. The maximum atomic E-state index is 6.26. The Kier molecular flexibility index (Phi) is 5.88. The summed E-state index contributed by atoms with van der Waals surface area (Å²) < 4.78 is 0. The van der Waals surface area contributed by atoms with Gasteiger partial charge in [0.25, 0.3) is 0 Å². The highest BCUT2D eigenvalue weighted by molar-refractivity contribution is 4.99. The number of fused-ring (bicyclic) bond motifs is 1. The first-order valence-corrected chi connectivity index (χ1v) is 8.87. The minimum atomic E-state index is 0.249. The summed E-state index contributed by atoms with van der Waals surface area (Å²) in [5, 5.41) is 0. The zero-order valence-electron chi connectivity index (χ0n) is 13.9. The Morgan fingerprint density at radius 2 is 2.00 bits per heavy atom. The number of hydrogen-bond donors (Lipinski definition) is 1. The molecule has 2 rings (SSSR count). The molecule has 0 aromatic carbocycles. The Labute approximate surface area is 125 Å². The van der Waals surface area contributed by atoms with E-state index in [-0.39, 0.29) is 5.54 Å². The highest BCUT2D eigenvalue weighted by Crippen LogP contribution is 2.33. The van der Waals surface area contributed by atoms with E-state index in [9.17, 15) is 0 Å². The molecule has 2 saturated heterocycles. The van der Waals surface area contributed by atoms with E-state index in [1.54, 1.807) is 0 Å². The van der Waals surface area contributed by atoms with E-state index < -0.39 is 0 Å². The van der Waals surface area contributed by atoms with Crippen LogP contribution in [0.5, 0.6) is 0 Å². The van der Waals surface area contributed by atoms with Gasteiger partial charge in [0.1, 0.15) is 0 Å². The molecule has 0 aromatic heterocycles. The van der Waals surface area contributed by atoms with Crippen molar-refractivity contribution in [1.29, 1.82) is 0 Å². The van der Waals surface area contributed by atoms with E-state index in [0.29, 0.717) is 6.04 Å². The third-order valence-electron chi connectivity index (χ3n) is 5.83. The zero-order chi connectivity index (χ0) is 14.6. The number of piperazine rings is 1. The minimum Gasteiger partial charge on any atom is -0.329 e. The van der Waals surface area contributed by atoms with Gasteiger partial charge in [0.05, 0.1) is 0 Å². The van der Waals surface area contributed by atoms with Gasteiger partial charge in [-0.1, -0.05) is 33.1 Å². The average molecular weight is 281 g/mol. The van der Waals surface area contributed by atoms with Crippen LogP contribution in [0.1, 0.15) is 65.7 Å². The van der Waals surface area contributed by atoms with Gasteiger partial charge in [0.2, 0.25) is 0 Å². The molecule has 3 unspecified atom stereocenters. The van der Waals surface area contributed by atoms with Crippen LogP contribution in [0.3, 0.4) is 0 Å². The molecule has 0 radical (unpaired) electrons. The molecule has 2 heterocycles. The summed E-state index contributed by atoms with van der Waals surface area (Å²) in [5.74, 6) is 0. The van der Waals surface area contributed by atoms with Crippen LogP contribution >= 0.6 is 0 Å². The first-order chi connectivity index (χ1) is 9.66. The standard InChI is InChI=1S/C17H35N3/c1-4-6-10-17(5-2,14-18)20-13-16-9-7-8-11-19(16)12-15(20)3/h15-16H,4-14,18H2,1-3H3. The molecule has 2 N–H and O–H groups in total. The minimum absolute atomic E-state index is 0.249. The molecule has 0 amide bonds. The van der Waals surface area contributed by atoms with Crippen LogP contribution < -0.4 is 5.73 Å². The van der Waals surface area contributed by atoms with Crippen molar-refractivity contribution in [1.82, 2.24) is 9.80 Å². The van der Waals surface area contributed by atoms with E-state index >= 15 is 0 Å². The molecular formula is C17H35N3. The first-order valence-electron chi connectivity index (χ1n) is 8.87. The molecule has 0 aliphatic carbocycles. The van der Waals surface area contributed by atoms with Crippen LogP contribution in [-0.2, 0) is 0 Å². The Balaban J connectivity index is 2.10. The van der Waals surface area contributed by atoms with Crippen LogP contribution in [0.4, 0.5) is 0 Å². The predicted octanol–water partition coefficient (Wildman–Crippen LogP) is 2.84. The van der Waals surface area contributed by atoms with Gasteiger partial charge in [0.15, 0.2) is 0 Å². The molecule has 0 saturated carbocycles. The summed E-state index contributed by atoms with van der Waals surface area (Å²) in [5.41, 5.74) is 6.51. The lowest BCUT2D eigenvalue weighted by Crippen LogP contribution is -2.67. The lowest BCUT2D eigenvalue weighted by atomic mass is 9.84. The Bertz CT molecular complexity index is 288. The summed E-state index contributed by atoms with van der Waals surface area (Å²) in [6.07, 6.45) is 9.26. The topological polar surface area (TPSA) is 32.5 Å². The molecule has 2 fully saturated rings. The van der Waals surface area contributed by atoms with Crippen molar-refractivity contribution in [3.63, 3.8) is 0 Å². The van der Waals surface area contributed by atoms with Crippen molar-refractivity contribution in [3.05, 3.63) is 0 Å². The molecule has 0 aromatic rings. The maximum Gasteiger partial charge on any atom is 0.0333 e. The maximum absolute atomic E-state index is 6.26. The number of hydrogen-bond acceptors (Lipinski definition) is 3. The normalized spacial score (nSPS) is 31.8. The average Bonchev–Trinajstić information content (AvgIpc) is 2.49. The quantitative estimate of drug-likeness (QED) is 0.812. The van der Waals surface area contributed by atoms with E-state index in [0.717, 1.165) is 12.6 Å². The molecule has 118 valence electrons. The number of rotatable bonds is 6. The fraction of sp³-hybridized carbons (Fsp3) is 1.00. The Morgan fingerprint density at radius 1 is 1.20 bits per heavy atom. The summed E-state index contributed by atoms with van der Waals surface area (Å²) in [6.45, 7) is 11.7. The van der Waals surface area contributed by atoms with Crippen LogP contribution in [0.2, 0.25) is 0 Å². The molecule has 20 heavy (non-hydrogen) atoms. The largest absolute Gasteiger partial charge is 0.329 e. The molecular weight excluding hydrogens is 246 g/mol. The molecule has 3 atom stereocenters. The second kappa shape index (κ2) is 7.24. The van der Waals surface area contributed by atoms with E-state index in [2.05, 4.69) is 30.6 Å². The fourth-order valence-corrected chi connectivity index (χ4v) is 4.41. The van der Waals surface area contributed by atoms with Crippen molar-refractivity contribution in [2.45, 2.75) is 83.3 Å². The summed E-state index contributed by atoms with van der Waals surface area (Å²) in [4.78, 5) is 5.52. The van der Waals surface area contributed by atoms with Gasteiger partial charge in [-0.2, -0.15) is 0 Å². The van der Waals surface area contributed by atoms with Gasteiger partial charge in [-0.3, -0.25) is 9.80 Å². The number of piperidine rings is 1. The summed E-state index contributed by atoms with van der Waals surface area (Å²) in [6, 6.07) is 1.45. The Morgan fingerprint density at radius 3 is 2.65 bits per heavy atom. The van der Waals surface area contributed by atoms with E-state index in [1.165, 1.54) is 64.6 Å². The van der Waals surface area contributed by atoms with Crippen LogP contribution in [0.25, 0.3) is 0 Å². The lowest BCUT2D eigenvalue weighted by molar-refractivity contribution is -0.0506. The van der Waals surface area contributed by atoms with Gasteiger partial charge < -0.3 is 5.73 Å². The molecule has 0 spiro atoms. The fourth-order valence-electron chi connectivity index (χ4n) is 4.41. The third-order valence-corrected chi connectivity index (χ3v) is 5.83. The Hall–Kier alpha value is -0.120. The number of nitrogens with two attached hydrogens (primary N) is 1. The molecule has 2 aliphatic rings. The molecule has 3 nitrogen and oxygen atoms in total. The second-order valence-electron chi connectivity index (χ2n) is 7.03. The third kappa shape index (κ3) is 3.20. The molecule has 0 bridgehead atoms. The smallest absolute Gasteiger partial charge is 0.0333 e. The van der Waals surface area contributed by atoms with Crippen molar-refractivity contribution in [2.75, 3.05) is 26.2 Å². The van der Waals surface area contributed by atoms with Gasteiger partial charge in [-0.15, -0.1) is 0 Å².